The number of hydrogen-bond acceptors (Lipinski definition) is 20. The van der Waals surface area contributed by atoms with Crippen molar-refractivity contribution in [1.29, 1.82) is 0 Å². The number of unbranched alkanes of at least 4 members (excludes halogenated alkanes) is 3. The van der Waals surface area contributed by atoms with Crippen molar-refractivity contribution in [1.82, 2.24) is 19.9 Å². The molecule has 2 N–H and O–H groups in total. The Hall–Kier alpha value is -1.28. The van der Waals surface area contributed by atoms with Crippen LogP contribution in [-0.2, 0) is 37.7 Å². The van der Waals surface area contributed by atoms with Gasteiger partial charge in [-0.2, -0.15) is 6.42 Å². The number of halogens is 11. The number of pyridine rings is 4. The van der Waals surface area contributed by atoms with Gasteiger partial charge in [-0.25, -0.2) is 4.98 Å². The minimum atomic E-state index is -0.514. The summed E-state index contributed by atoms with van der Waals surface area (Å²) in [4.78, 5) is 27.9. The van der Waals surface area contributed by atoms with Gasteiger partial charge in [-0.1, -0.05) is 175 Å². The summed E-state index contributed by atoms with van der Waals surface area (Å²) >= 11 is 32.8. The van der Waals surface area contributed by atoms with Crippen molar-refractivity contribution >= 4 is 200 Å². The normalized spacial score (nSPS) is 9.53. The first-order valence-electron chi connectivity index (χ1n) is 37.0. The van der Waals surface area contributed by atoms with Crippen molar-refractivity contribution < 1.29 is 232 Å². The molecule has 0 unspecified atom stereocenters. The number of carbonyl (C=O) groups excluding carboxylic acids is 1. The molecule has 1 fully saturated rings. The molecule has 20 nitrogen and oxygen atoms in total. The number of anilines is 2. The molecule has 0 spiro atoms. The van der Waals surface area contributed by atoms with Gasteiger partial charge in [0.2, 0.25) is 0 Å². The van der Waals surface area contributed by atoms with Crippen LogP contribution in [0.25, 0.3) is 33.8 Å². The zero-order valence-corrected chi connectivity index (χ0v) is 96.9. The fourth-order valence-corrected chi connectivity index (χ4v) is 11.2. The first kappa shape index (κ1) is 146. The molecule has 2 aliphatic heterocycles. The van der Waals surface area contributed by atoms with E-state index in [1.165, 1.54) is 53.4 Å². The first-order chi connectivity index (χ1) is 58.2. The van der Waals surface area contributed by atoms with Crippen LogP contribution in [0.3, 0.4) is 0 Å². The fraction of sp³-hybridized carbons (Fsp3) is 0.297. The molecule has 1 saturated heterocycles. The number of aromatic hydroxyl groups is 1. The quantitative estimate of drug-likeness (QED) is 0.00938. The van der Waals surface area contributed by atoms with Crippen LogP contribution in [0.4, 0.5) is 16.1 Å². The van der Waals surface area contributed by atoms with E-state index in [1.54, 1.807) is 72.5 Å². The van der Waals surface area contributed by atoms with Gasteiger partial charge >= 0.3 is 169 Å². The van der Waals surface area contributed by atoms with Crippen LogP contribution in [-0.4, -0.2) is 142 Å². The first-order valence-corrected chi connectivity index (χ1v) is 46.3. The van der Waals surface area contributed by atoms with Crippen LogP contribution in [0.2, 0.25) is 0 Å². The Labute approximate surface area is 977 Å². The standard InChI is InChI=1S/C15H16BrNO.C12H7Br2NO.C12H11NO.C11H9NO.C9H13BO3.C7H7BrO.C5H4BrN.C4H8Br2.C4H8O.C4H9.C3H9BO3.CH2O3.4CH4.BBr3.FH.2K.Li.Na.H2.2H/c16-10-2-4-12-18-14-8-6-13(7-9-14)15-5-1-3-11-17-15;13-7-1-3-9-11(5-7)16-12-6-8(14)2-4-10(12)15-9;1-14-11-7-5-10(6-8-11)12-4-2-3-9-13-12;13-10-6-4-9(5-7-10)11-3-1-2-8-12-11;1-11-9-6-4-8(5-7-9)10(12-2)13-3;1-9-7-4-2-6(8)3-5-7;6-5-3-1-2-4-7-5;5-3-1-2-4-6;1-2-4-5-3-1;1-3-4-2;1-5-4(6-2)7-3;2-1-4-3;;;;;2-1(3)4;;;;;;;;/h1,3,5-9,11H,2,4,10,12H2;1-6,15H;2-9H,1H3;1-8,13H;4-7H,1-3H3;2-5H,1H3;1-4H;1-4H2;1-4H2;1,3-4H2,2H3;1-3H3;1,3H;4*1H4;;1H;;;;;1H;;/q;;;;;;;;;-1;;;;;;;;;4*+1;;2*-1/p-1/i;;;;;;;;;;;;;;;;;;;;;;1+1;;. The monoisotopic (exact) mass is 2480 g/mol. The second-order valence-electron chi connectivity index (χ2n) is 23.3. The summed E-state index contributed by atoms with van der Waals surface area (Å²) in [5, 5.41) is 24.2. The van der Waals surface area contributed by atoms with E-state index in [4.69, 9.17) is 52.9 Å². The number of ether oxygens (including phenoxy) is 6. The van der Waals surface area contributed by atoms with Crippen molar-refractivity contribution in [2.75, 3.05) is 98.0 Å². The fourth-order valence-electron chi connectivity index (χ4n) is 8.76. The van der Waals surface area contributed by atoms with E-state index in [0.29, 0.717) is 0 Å². The third-order valence-electron chi connectivity index (χ3n) is 14.7. The number of aromatic nitrogens is 4. The van der Waals surface area contributed by atoms with Gasteiger partial charge in [0.25, 0.3) is 6.47 Å². The van der Waals surface area contributed by atoms with Crippen LogP contribution in [0.5, 0.6) is 40.2 Å². The van der Waals surface area contributed by atoms with Gasteiger partial charge in [0.1, 0.15) is 33.4 Å². The average Bonchev–Trinajstić information content (AvgIpc) is 1.09. The Balaban J connectivity index is -0.000000120. The minimum absolute atomic E-state index is 0. The SMILES string of the molecule is BrB(Br)Br.BrCCCCBr.BrCCCCOc1ccc(-c2ccccn2)cc1.Brc1ccc2c(c1)Oc1cc(Br)ccc1N2.Brc1ccccn1.C.C.C.C.C1CCOC1.COB(OC)OC.COB(OC)c1ccc(OC)cc1.COc1ccc(-c2ccccn2)cc1.COc1ccc(Br)cc1.F.O=CO[O-].Oc1ccc(-c2ccccn2)cc1.[2HH].[CH2-]CCC.[H-].[H-].[K+].[K+].[Li+].[Na+]. The Morgan fingerprint density at radius 1 is 0.496 bits per heavy atom. The number of nitrogens with one attached hydrogen (secondary N) is 1. The van der Waals surface area contributed by atoms with Crippen LogP contribution in [0, 0.1) is 6.92 Å². The van der Waals surface area contributed by atoms with Gasteiger partial charge in [0.05, 0.1) is 56.4 Å². The number of carbonyl (C=O) groups is 1. The summed E-state index contributed by atoms with van der Waals surface area (Å²) in [6.45, 7) is 8.31. The maximum absolute atomic E-state index is 9.08. The predicted molar refractivity (Wildman–Crippen MR) is 560 cm³/mol. The molecule has 38 heteroatoms. The predicted octanol–water partition coefficient (Wildman–Crippen LogP) is 16.2. The minimum Gasteiger partial charge on any atom is -1.00 e. The average molecular weight is 2490 g/mol. The number of benzene rings is 7. The van der Waals surface area contributed by atoms with E-state index in [0.717, 1.165) is 158 Å². The Kier molecular flexibility index (Phi) is 112. The van der Waals surface area contributed by atoms with Gasteiger partial charge in [-0.05, 0) is 254 Å². The van der Waals surface area contributed by atoms with Crippen molar-refractivity contribution in [2.45, 2.75) is 88.0 Å². The number of hydrogen-bond donors (Lipinski definition) is 2. The molecule has 2 aliphatic rings. The van der Waals surface area contributed by atoms with Crippen LogP contribution < -0.4 is 191 Å². The number of alkyl halides is 3. The molecule has 692 valence electrons. The maximum Gasteiger partial charge on any atom is 1.00 e. The molecule has 13 rings (SSSR count). The summed E-state index contributed by atoms with van der Waals surface area (Å²) in [5.41, 5.74) is 9.07. The molecule has 0 saturated carbocycles. The van der Waals surface area contributed by atoms with Crippen molar-refractivity contribution in [2.24, 2.45) is 0 Å². The van der Waals surface area contributed by atoms with Crippen LogP contribution >= 0.6 is 159 Å². The van der Waals surface area contributed by atoms with Gasteiger partial charge in [-0.15, -0.1) is 47.3 Å². The number of rotatable bonds is 22. The summed E-state index contributed by atoms with van der Waals surface area (Å²) in [6, 6.07) is 73.3. The number of methoxy groups -OCH3 is 3. The summed E-state index contributed by atoms with van der Waals surface area (Å²) in [6.07, 6.45) is 16.7. The smallest absolute Gasteiger partial charge is 1.00 e. The van der Waals surface area contributed by atoms with E-state index in [1.807, 2.05) is 218 Å². The molecule has 4 aromatic heterocycles. The zero-order chi connectivity index (χ0) is 88.6. The van der Waals surface area contributed by atoms with E-state index in [2.05, 4.69) is 217 Å². The number of phenols is 1. The largest absolute Gasteiger partial charge is 1.00 e. The summed E-state index contributed by atoms with van der Waals surface area (Å²) in [7, 11) is 11.9. The molecule has 6 heterocycles. The third-order valence-corrected chi connectivity index (χ3v) is 18.3. The van der Waals surface area contributed by atoms with Crippen molar-refractivity contribution in [3.63, 3.8) is 0 Å². The Morgan fingerprint density at radius 2 is 0.822 bits per heavy atom. The molecule has 0 bridgehead atoms. The van der Waals surface area contributed by atoms with E-state index >= 15 is 0 Å². The molecule has 0 aliphatic carbocycles. The van der Waals surface area contributed by atoms with Crippen molar-refractivity contribution in [3.05, 3.63) is 280 Å². The van der Waals surface area contributed by atoms with E-state index < -0.39 is 7.32 Å². The molecule has 7 aromatic carbocycles. The Morgan fingerprint density at radius 3 is 1.09 bits per heavy atom. The van der Waals surface area contributed by atoms with Crippen LogP contribution in [0.15, 0.2) is 273 Å². The zero-order valence-electron chi connectivity index (χ0n) is 74.8. The number of fused-ring (bicyclic) bond motifs is 2. The van der Waals surface area contributed by atoms with Crippen molar-refractivity contribution in [3.8, 4) is 74.0 Å². The Bertz CT molecular complexity index is 4220. The second kappa shape index (κ2) is 99.7. The molecule has 129 heavy (non-hydrogen) atoms. The number of phenolic OH excluding ortho intramolecular Hbond substituents is 1. The van der Waals surface area contributed by atoms with Crippen LogP contribution in [0.1, 0.15) is 92.3 Å². The molecule has 0 atom stereocenters. The maximum atomic E-state index is 9.08. The number of nitrogens with zero attached hydrogens (tertiary/aromatic N) is 4. The summed E-state index contributed by atoms with van der Waals surface area (Å²) < 4.78 is 59.7. The van der Waals surface area contributed by atoms with E-state index in [-0.39, 0.29) is 212 Å². The molecule has 0 radical (unpaired) electrons. The third kappa shape index (κ3) is 74.4. The topological polar surface area (TPSA) is 235 Å². The van der Waals surface area contributed by atoms with Gasteiger partial charge in [0.15, 0.2) is 11.5 Å². The molecular weight excluding hydrogens is 2360 g/mol. The van der Waals surface area contributed by atoms with E-state index in [9.17, 15) is 0 Å². The van der Waals surface area contributed by atoms with Gasteiger partial charge < -0.3 is 82.0 Å². The van der Waals surface area contributed by atoms with Gasteiger partial charge in [-0.3, -0.25) is 24.5 Å². The summed E-state index contributed by atoms with van der Waals surface area (Å²) in [5.74, 6) is 5.45. The molecule has 0 amide bonds. The van der Waals surface area contributed by atoms with Gasteiger partial charge in [0, 0.05) is 121 Å². The molecular formula is C91H123B3Br10FK2LiN5NaO15. The molecule has 11 aromatic rings. The second-order valence-corrected chi connectivity index (χ2v) is 35.6.